The topological polar surface area (TPSA) is 64.0 Å². The van der Waals surface area contributed by atoms with Crippen LogP contribution in [0, 0.1) is 5.82 Å². The van der Waals surface area contributed by atoms with Crippen LogP contribution in [0.25, 0.3) is 0 Å². The standard InChI is InChI=1S/C17H16FN3O2S/c18-16-8-6-14(7-9-16)11-21-12-17(10-19-21)20-24(22,23)13-15-4-2-1-3-5-15/h1-10,12,20H,11,13H2. The van der Waals surface area contributed by atoms with E-state index in [0.29, 0.717) is 17.8 Å². The van der Waals surface area contributed by atoms with Gasteiger partial charge < -0.3 is 0 Å². The van der Waals surface area contributed by atoms with E-state index < -0.39 is 10.0 Å². The number of halogens is 1. The van der Waals surface area contributed by atoms with Crippen LogP contribution < -0.4 is 4.72 Å². The molecule has 0 saturated heterocycles. The van der Waals surface area contributed by atoms with E-state index in [4.69, 9.17) is 0 Å². The van der Waals surface area contributed by atoms with Crippen LogP contribution in [0.3, 0.4) is 0 Å². The lowest BCUT2D eigenvalue weighted by atomic mass is 10.2. The molecule has 0 amide bonds. The monoisotopic (exact) mass is 345 g/mol. The van der Waals surface area contributed by atoms with E-state index in [1.807, 2.05) is 6.07 Å². The molecule has 0 aliphatic carbocycles. The first-order valence-corrected chi connectivity index (χ1v) is 8.97. The van der Waals surface area contributed by atoms with Gasteiger partial charge in [0.2, 0.25) is 10.0 Å². The van der Waals surface area contributed by atoms with Gasteiger partial charge in [-0.15, -0.1) is 0 Å². The van der Waals surface area contributed by atoms with Gasteiger partial charge in [0.25, 0.3) is 0 Å². The van der Waals surface area contributed by atoms with Crippen LogP contribution in [-0.2, 0) is 22.3 Å². The van der Waals surface area contributed by atoms with Crippen molar-refractivity contribution in [2.75, 3.05) is 4.72 Å². The average Bonchev–Trinajstić information content (AvgIpc) is 2.96. The molecule has 1 aromatic heterocycles. The number of sulfonamides is 1. The van der Waals surface area contributed by atoms with Crippen molar-refractivity contribution in [2.24, 2.45) is 0 Å². The van der Waals surface area contributed by atoms with E-state index in [2.05, 4.69) is 9.82 Å². The van der Waals surface area contributed by atoms with E-state index in [1.54, 1.807) is 47.3 Å². The van der Waals surface area contributed by atoms with Gasteiger partial charge in [0.15, 0.2) is 0 Å². The molecule has 0 unspecified atom stereocenters. The summed E-state index contributed by atoms with van der Waals surface area (Å²) >= 11 is 0. The third-order valence-corrected chi connectivity index (χ3v) is 4.62. The highest BCUT2D eigenvalue weighted by molar-refractivity contribution is 7.91. The van der Waals surface area contributed by atoms with Crippen LogP contribution in [0.15, 0.2) is 67.0 Å². The number of hydrogen-bond acceptors (Lipinski definition) is 3. The lowest BCUT2D eigenvalue weighted by molar-refractivity contribution is 0.600. The fourth-order valence-electron chi connectivity index (χ4n) is 2.29. The fourth-order valence-corrected chi connectivity index (χ4v) is 3.46. The van der Waals surface area contributed by atoms with Gasteiger partial charge in [-0.25, -0.2) is 12.8 Å². The quantitative estimate of drug-likeness (QED) is 0.747. The van der Waals surface area contributed by atoms with Crippen LogP contribution in [0.1, 0.15) is 11.1 Å². The first kappa shape index (κ1) is 16.2. The Balaban J connectivity index is 1.66. The van der Waals surface area contributed by atoms with Crippen molar-refractivity contribution in [3.05, 3.63) is 83.9 Å². The van der Waals surface area contributed by atoms with Crippen LogP contribution in [0.2, 0.25) is 0 Å². The van der Waals surface area contributed by atoms with Crippen LogP contribution in [0.5, 0.6) is 0 Å². The van der Waals surface area contributed by atoms with Crippen molar-refractivity contribution in [3.63, 3.8) is 0 Å². The van der Waals surface area contributed by atoms with Gasteiger partial charge in [-0.05, 0) is 23.3 Å². The van der Waals surface area contributed by atoms with Crippen molar-refractivity contribution >= 4 is 15.7 Å². The van der Waals surface area contributed by atoms with Gasteiger partial charge in [0.1, 0.15) is 5.82 Å². The highest BCUT2D eigenvalue weighted by Crippen LogP contribution is 2.13. The molecule has 0 spiro atoms. The molecular formula is C17H16FN3O2S. The molecule has 0 fully saturated rings. The molecule has 3 aromatic rings. The maximum absolute atomic E-state index is 12.9. The molecule has 24 heavy (non-hydrogen) atoms. The van der Waals surface area contributed by atoms with E-state index in [9.17, 15) is 12.8 Å². The Kier molecular flexibility index (Phi) is 4.61. The number of benzene rings is 2. The molecule has 0 bridgehead atoms. The maximum atomic E-state index is 12.9. The second-order valence-corrected chi connectivity index (χ2v) is 7.12. The summed E-state index contributed by atoms with van der Waals surface area (Å²) in [4.78, 5) is 0. The Labute approximate surface area is 139 Å². The molecule has 0 aliphatic heterocycles. The number of rotatable bonds is 6. The molecule has 5 nitrogen and oxygen atoms in total. The molecule has 3 rings (SSSR count). The minimum absolute atomic E-state index is 0.100. The summed E-state index contributed by atoms with van der Waals surface area (Å²) in [7, 11) is -3.51. The van der Waals surface area contributed by atoms with Crippen molar-refractivity contribution < 1.29 is 12.8 Å². The number of nitrogens with zero attached hydrogens (tertiary/aromatic N) is 2. The van der Waals surface area contributed by atoms with Crippen molar-refractivity contribution in [2.45, 2.75) is 12.3 Å². The fraction of sp³-hybridized carbons (Fsp3) is 0.118. The van der Waals surface area contributed by atoms with E-state index in [-0.39, 0.29) is 11.6 Å². The third-order valence-electron chi connectivity index (χ3n) is 3.36. The Morgan fingerprint density at radius 1 is 1.00 bits per heavy atom. The molecule has 7 heteroatoms. The minimum Gasteiger partial charge on any atom is -0.280 e. The average molecular weight is 345 g/mol. The molecule has 1 heterocycles. The molecule has 0 atom stereocenters. The van der Waals surface area contributed by atoms with E-state index in [1.165, 1.54) is 18.3 Å². The lowest BCUT2D eigenvalue weighted by Gasteiger charge is -2.06. The highest BCUT2D eigenvalue weighted by Gasteiger charge is 2.12. The van der Waals surface area contributed by atoms with Crippen molar-refractivity contribution in [1.29, 1.82) is 0 Å². The molecule has 0 saturated carbocycles. The van der Waals surface area contributed by atoms with Crippen molar-refractivity contribution in [3.8, 4) is 0 Å². The molecule has 0 aliphatic rings. The summed E-state index contributed by atoms with van der Waals surface area (Å²) in [6.07, 6.45) is 3.05. The second-order valence-electron chi connectivity index (χ2n) is 5.40. The lowest BCUT2D eigenvalue weighted by Crippen LogP contribution is -2.14. The van der Waals surface area contributed by atoms with Gasteiger partial charge in [-0.3, -0.25) is 9.40 Å². The first-order valence-electron chi connectivity index (χ1n) is 7.31. The van der Waals surface area contributed by atoms with Crippen LogP contribution in [-0.4, -0.2) is 18.2 Å². The van der Waals surface area contributed by atoms with Gasteiger partial charge in [0.05, 0.1) is 24.2 Å². The zero-order chi connectivity index (χ0) is 17.0. The number of anilines is 1. The molecule has 2 aromatic carbocycles. The zero-order valence-electron chi connectivity index (χ0n) is 12.8. The summed E-state index contributed by atoms with van der Waals surface area (Å²) in [5.41, 5.74) is 1.98. The third kappa shape index (κ3) is 4.42. The Hall–Kier alpha value is -2.67. The van der Waals surface area contributed by atoms with Gasteiger partial charge in [-0.2, -0.15) is 5.10 Å². The Morgan fingerprint density at radius 2 is 1.71 bits per heavy atom. The number of nitrogens with one attached hydrogen (secondary N) is 1. The normalized spacial score (nSPS) is 11.4. The van der Waals surface area contributed by atoms with E-state index in [0.717, 1.165) is 5.56 Å². The Bertz CT molecular complexity index is 907. The minimum atomic E-state index is -3.51. The zero-order valence-corrected chi connectivity index (χ0v) is 13.6. The van der Waals surface area contributed by atoms with E-state index >= 15 is 0 Å². The summed E-state index contributed by atoms with van der Waals surface area (Å²) < 4.78 is 41.4. The smallest absolute Gasteiger partial charge is 0.237 e. The molecule has 1 N–H and O–H groups in total. The highest BCUT2D eigenvalue weighted by atomic mass is 32.2. The maximum Gasteiger partial charge on any atom is 0.237 e. The second kappa shape index (κ2) is 6.84. The summed E-state index contributed by atoms with van der Waals surface area (Å²) in [5.74, 6) is -0.398. The number of hydrogen-bond donors (Lipinski definition) is 1. The first-order chi connectivity index (χ1) is 11.5. The summed E-state index contributed by atoms with van der Waals surface area (Å²) in [6.45, 7) is 0.431. The molecule has 0 radical (unpaired) electrons. The Morgan fingerprint density at radius 3 is 2.42 bits per heavy atom. The van der Waals surface area contributed by atoms with Crippen molar-refractivity contribution in [1.82, 2.24) is 9.78 Å². The molecular weight excluding hydrogens is 329 g/mol. The van der Waals surface area contributed by atoms with Crippen LogP contribution >= 0.6 is 0 Å². The van der Waals surface area contributed by atoms with Crippen LogP contribution in [0.4, 0.5) is 10.1 Å². The van der Waals surface area contributed by atoms with Gasteiger partial charge in [-0.1, -0.05) is 42.5 Å². The SMILES string of the molecule is O=S(=O)(Cc1ccccc1)Nc1cnn(Cc2ccc(F)cc2)c1. The summed E-state index contributed by atoms with van der Waals surface area (Å²) in [6, 6.07) is 15.0. The van der Waals surface area contributed by atoms with Gasteiger partial charge >= 0.3 is 0 Å². The molecule has 124 valence electrons. The van der Waals surface area contributed by atoms with Gasteiger partial charge in [0, 0.05) is 6.20 Å². The number of aromatic nitrogens is 2. The largest absolute Gasteiger partial charge is 0.280 e. The predicted octanol–water partition coefficient (Wildman–Crippen LogP) is 3.01. The predicted molar refractivity (Wildman–Crippen MR) is 90.4 cm³/mol. The summed E-state index contributed by atoms with van der Waals surface area (Å²) in [5, 5.41) is 4.12.